The molecule has 5 heteroatoms. The standard InChI is InChI=1S/C16H23FN2O2/c17-14-3-5-15(6-4-14)21-11-1-2-16(20)19-10-8-13-7-9-18-12-13/h3-6,13,18H,1-2,7-12H2,(H,19,20). The van der Waals surface area contributed by atoms with Gasteiger partial charge in [0.2, 0.25) is 5.91 Å². The smallest absolute Gasteiger partial charge is 0.220 e. The third-order valence-corrected chi connectivity index (χ3v) is 3.67. The SMILES string of the molecule is O=C(CCCOc1ccc(F)cc1)NCCC1CCNC1. The first-order valence-electron chi connectivity index (χ1n) is 7.60. The Bertz CT molecular complexity index is 430. The van der Waals surface area contributed by atoms with Crippen molar-refractivity contribution in [1.29, 1.82) is 0 Å². The predicted molar refractivity (Wildman–Crippen MR) is 79.7 cm³/mol. The molecule has 1 atom stereocenters. The summed E-state index contributed by atoms with van der Waals surface area (Å²) in [6, 6.07) is 5.90. The molecule has 0 spiro atoms. The summed E-state index contributed by atoms with van der Waals surface area (Å²) < 4.78 is 18.1. The van der Waals surface area contributed by atoms with Crippen LogP contribution in [0.25, 0.3) is 0 Å². The first-order valence-corrected chi connectivity index (χ1v) is 7.60. The van der Waals surface area contributed by atoms with Gasteiger partial charge in [0, 0.05) is 13.0 Å². The van der Waals surface area contributed by atoms with Crippen LogP contribution < -0.4 is 15.4 Å². The minimum atomic E-state index is -0.279. The van der Waals surface area contributed by atoms with Crippen LogP contribution in [-0.2, 0) is 4.79 Å². The minimum absolute atomic E-state index is 0.0728. The fourth-order valence-electron chi connectivity index (χ4n) is 2.42. The van der Waals surface area contributed by atoms with Crippen molar-refractivity contribution < 1.29 is 13.9 Å². The van der Waals surface area contributed by atoms with E-state index < -0.39 is 0 Å². The fourth-order valence-corrected chi connectivity index (χ4v) is 2.42. The van der Waals surface area contributed by atoms with Gasteiger partial charge >= 0.3 is 0 Å². The largest absolute Gasteiger partial charge is 0.494 e. The summed E-state index contributed by atoms with van der Waals surface area (Å²) in [5, 5.41) is 6.26. The molecular weight excluding hydrogens is 271 g/mol. The van der Waals surface area contributed by atoms with E-state index in [2.05, 4.69) is 10.6 Å². The molecule has 21 heavy (non-hydrogen) atoms. The summed E-state index contributed by atoms with van der Waals surface area (Å²) in [4.78, 5) is 11.6. The number of nitrogens with one attached hydrogen (secondary N) is 2. The number of hydrogen-bond acceptors (Lipinski definition) is 3. The number of amides is 1. The molecule has 1 aromatic rings. The number of ether oxygens (including phenoxy) is 1. The second kappa shape index (κ2) is 8.62. The van der Waals surface area contributed by atoms with E-state index in [1.165, 1.54) is 18.6 Å². The maximum absolute atomic E-state index is 12.7. The molecule has 1 aliphatic heterocycles. The van der Waals surface area contributed by atoms with Crippen LogP contribution in [0.5, 0.6) is 5.75 Å². The van der Waals surface area contributed by atoms with Crippen molar-refractivity contribution in [3.63, 3.8) is 0 Å². The first kappa shape index (κ1) is 15.8. The normalized spacial score (nSPS) is 17.7. The van der Waals surface area contributed by atoms with Crippen LogP contribution >= 0.6 is 0 Å². The van der Waals surface area contributed by atoms with E-state index in [0.717, 1.165) is 26.1 Å². The van der Waals surface area contributed by atoms with E-state index in [9.17, 15) is 9.18 Å². The van der Waals surface area contributed by atoms with Crippen molar-refractivity contribution in [2.45, 2.75) is 25.7 Å². The quantitative estimate of drug-likeness (QED) is 0.722. The monoisotopic (exact) mass is 294 g/mol. The maximum Gasteiger partial charge on any atom is 0.220 e. The molecule has 2 N–H and O–H groups in total. The van der Waals surface area contributed by atoms with Gasteiger partial charge in [-0.3, -0.25) is 4.79 Å². The van der Waals surface area contributed by atoms with Gasteiger partial charge in [0.05, 0.1) is 6.61 Å². The molecule has 0 saturated carbocycles. The van der Waals surface area contributed by atoms with Crippen molar-refractivity contribution in [3.05, 3.63) is 30.1 Å². The highest BCUT2D eigenvalue weighted by atomic mass is 19.1. The summed E-state index contributed by atoms with van der Waals surface area (Å²) in [7, 11) is 0. The molecule has 1 amide bonds. The Hall–Kier alpha value is -1.62. The topological polar surface area (TPSA) is 50.4 Å². The highest BCUT2D eigenvalue weighted by Gasteiger charge is 2.13. The lowest BCUT2D eigenvalue weighted by atomic mass is 10.1. The molecule has 0 radical (unpaired) electrons. The van der Waals surface area contributed by atoms with E-state index in [1.807, 2.05) is 0 Å². The van der Waals surface area contributed by atoms with E-state index in [4.69, 9.17) is 4.74 Å². The lowest BCUT2D eigenvalue weighted by molar-refractivity contribution is -0.121. The van der Waals surface area contributed by atoms with Crippen LogP contribution in [0.4, 0.5) is 4.39 Å². The molecule has 1 aliphatic rings. The molecule has 1 aromatic carbocycles. The van der Waals surface area contributed by atoms with Crippen LogP contribution in [0.3, 0.4) is 0 Å². The zero-order valence-corrected chi connectivity index (χ0v) is 12.2. The molecule has 1 unspecified atom stereocenters. The summed E-state index contributed by atoms with van der Waals surface area (Å²) in [5.41, 5.74) is 0. The van der Waals surface area contributed by atoms with Crippen molar-refractivity contribution in [1.82, 2.24) is 10.6 Å². The minimum Gasteiger partial charge on any atom is -0.494 e. The molecule has 1 heterocycles. The Morgan fingerprint density at radius 3 is 2.90 bits per heavy atom. The Morgan fingerprint density at radius 1 is 1.38 bits per heavy atom. The first-order chi connectivity index (χ1) is 10.2. The highest BCUT2D eigenvalue weighted by Crippen LogP contribution is 2.12. The molecule has 1 fully saturated rings. The third-order valence-electron chi connectivity index (χ3n) is 3.67. The number of carbonyl (C=O) groups is 1. The third kappa shape index (κ3) is 6.12. The van der Waals surface area contributed by atoms with Gasteiger partial charge in [-0.05, 0) is 62.5 Å². The van der Waals surface area contributed by atoms with Crippen LogP contribution in [0.15, 0.2) is 24.3 Å². The Balaban J connectivity index is 1.49. The predicted octanol–water partition coefficient (Wildman–Crippen LogP) is 2.10. The zero-order chi connectivity index (χ0) is 14.9. The van der Waals surface area contributed by atoms with E-state index in [1.54, 1.807) is 12.1 Å². The Labute approximate surface area is 125 Å². The lowest BCUT2D eigenvalue weighted by Crippen LogP contribution is -2.26. The van der Waals surface area contributed by atoms with Gasteiger partial charge < -0.3 is 15.4 Å². The van der Waals surface area contributed by atoms with Gasteiger partial charge in [0.15, 0.2) is 0 Å². The van der Waals surface area contributed by atoms with Crippen LogP contribution in [0.1, 0.15) is 25.7 Å². The van der Waals surface area contributed by atoms with Gasteiger partial charge in [-0.25, -0.2) is 4.39 Å². The second-order valence-electron chi connectivity index (χ2n) is 5.40. The Kier molecular flexibility index (Phi) is 6.47. The van der Waals surface area contributed by atoms with Crippen molar-refractivity contribution >= 4 is 5.91 Å². The number of rotatable bonds is 8. The van der Waals surface area contributed by atoms with Gasteiger partial charge in [-0.2, -0.15) is 0 Å². The van der Waals surface area contributed by atoms with E-state index in [-0.39, 0.29) is 11.7 Å². The van der Waals surface area contributed by atoms with E-state index in [0.29, 0.717) is 31.1 Å². The molecular formula is C16H23FN2O2. The number of halogens is 1. The number of hydrogen-bond donors (Lipinski definition) is 2. The summed E-state index contributed by atoms with van der Waals surface area (Å²) in [6.45, 7) is 3.39. The maximum atomic E-state index is 12.7. The summed E-state index contributed by atoms with van der Waals surface area (Å²) in [5.74, 6) is 1.13. The highest BCUT2D eigenvalue weighted by molar-refractivity contribution is 5.75. The molecule has 0 aromatic heterocycles. The number of carbonyl (C=O) groups excluding carboxylic acids is 1. The van der Waals surface area contributed by atoms with E-state index >= 15 is 0 Å². The average Bonchev–Trinajstić information content (AvgIpc) is 2.99. The lowest BCUT2D eigenvalue weighted by Gasteiger charge is -2.09. The van der Waals surface area contributed by atoms with Crippen molar-refractivity contribution in [2.75, 3.05) is 26.2 Å². The van der Waals surface area contributed by atoms with Crippen LogP contribution in [0, 0.1) is 11.7 Å². The molecule has 0 bridgehead atoms. The van der Waals surface area contributed by atoms with Gasteiger partial charge in [0.1, 0.15) is 11.6 Å². The summed E-state index contributed by atoms with van der Waals surface area (Å²) in [6.07, 6.45) is 3.38. The Morgan fingerprint density at radius 2 is 2.19 bits per heavy atom. The fraction of sp³-hybridized carbons (Fsp3) is 0.562. The molecule has 4 nitrogen and oxygen atoms in total. The summed E-state index contributed by atoms with van der Waals surface area (Å²) >= 11 is 0. The van der Waals surface area contributed by atoms with Gasteiger partial charge in [-0.1, -0.05) is 0 Å². The average molecular weight is 294 g/mol. The van der Waals surface area contributed by atoms with Crippen LogP contribution in [0.2, 0.25) is 0 Å². The van der Waals surface area contributed by atoms with Crippen molar-refractivity contribution in [2.24, 2.45) is 5.92 Å². The van der Waals surface area contributed by atoms with Crippen molar-refractivity contribution in [3.8, 4) is 5.75 Å². The second-order valence-corrected chi connectivity index (χ2v) is 5.40. The van der Waals surface area contributed by atoms with Crippen LogP contribution in [-0.4, -0.2) is 32.1 Å². The van der Waals surface area contributed by atoms with Gasteiger partial charge in [-0.15, -0.1) is 0 Å². The zero-order valence-electron chi connectivity index (χ0n) is 12.2. The molecule has 2 rings (SSSR count). The molecule has 0 aliphatic carbocycles. The van der Waals surface area contributed by atoms with Gasteiger partial charge in [0.25, 0.3) is 0 Å². The molecule has 116 valence electrons. The number of benzene rings is 1. The molecule has 1 saturated heterocycles.